The molecule has 0 heterocycles. The van der Waals surface area contributed by atoms with E-state index in [2.05, 4.69) is 0 Å². The van der Waals surface area contributed by atoms with Gasteiger partial charge in [0, 0.05) is 18.2 Å². The topological polar surface area (TPSA) is 124 Å². The molecule has 27 heavy (non-hydrogen) atoms. The van der Waals surface area contributed by atoms with Crippen LogP contribution >= 0.6 is 11.6 Å². The fraction of sp³-hybridized carbons (Fsp3) is 0.588. The van der Waals surface area contributed by atoms with Crippen LogP contribution in [-0.2, 0) is 14.8 Å². The SMILES string of the molecule is Cc1c(Cl)cc(S(=O)(=O)N(CCC2CCCCC2)CC(N)=O)cc1[N+](=O)[O-]. The molecule has 1 aromatic rings. The molecule has 1 fully saturated rings. The first kappa shape index (κ1) is 21.6. The van der Waals surface area contributed by atoms with E-state index in [1.165, 1.54) is 19.4 Å². The van der Waals surface area contributed by atoms with E-state index in [4.69, 9.17) is 17.3 Å². The van der Waals surface area contributed by atoms with Crippen molar-refractivity contribution in [1.29, 1.82) is 0 Å². The molecule has 1 amide bonds. The van der Waals surface area contributed by atoms with Crippen molar-refractivity contribution >= 4 is 33.2 Å². The molecule has 0 spiro atoms. The van der Waals surface area contributed by atoms with Crippen LogP contribution in [0.2, 0.25) is 5.02 Å². The van der Waals surface area contributed by atoms with Crippen LogP contribution in [0.3, 0.4) is 0 Å². The second kappa shape index (κ2) is 8.99. The Morgan fingerprint density at radius 1 is 1.33 bits per heavy atom. The molecule has 0 aromatic heterocycles. The molecule has 0 aliphatic heterocycles. The van der Waals surface area contributed by atoms with Crippen molar-refractivity contribution in [3.63, 3.8) is 0 Å². The lowest BCUT2D eigenvalue weighted by atomic mass is 9.87. The van der Waals surface area contributed by atoms with Crippen LogP contribution in [0.25, 0.3) is 0 Å². The number of carbonyl (C=O) groups excluding carboxylic acids is 1. The van der Waals surface area contributed by atoms with Gasteiger partial charge in [0.15, 0.2) is 0 Å². The highest BCUT2D eigenvalue weighted by atomic mass is 35.5. The first-order chi connectivity index (χ1) is 12.6. The molecule has 150 valence electrons. The van der Waals surface area contributed by atoms with E-state index >= 15 is 0 Å². The zero-order valence-electron chi connectivity index (χ0n) is 15.2. The quantitative estimate of drug-likeness (QED) is 0.514. The van der Waals surface area contributed by atoms with Crippen LogP contribution < -0.4 is 5.73 Å². The minimum Gasteiger partial charge on any atom is -0.369 e. The molecular weight excluding hydrogens is 394 g/mol. The van der Waals surface area contributed by atoms with E-state index in [9.17, 15) is 23.3 Å². The van der Waals surface area contributed by atoms with E-state index in [1.807, 2.05) is 0 Å². The summed E-state index contributed by atoms with van der Waals surface area (Å²) in [7, 11) is -4.15. The molecule has 0 atom stereocenters. The first-order valence-corrected chi connectivity index (χ1v) is 10.7. The van der Waals surface area contributed by atoms with E-state index in [-0.39, 0.29) is 27.7 Å². The number of nitro benzene ring substituents is 1. The summed E-state index contributed by atoms with van der Waals surface area (Å²) in [6.45, 7) is 1.10. The molecule has 2 rings (SSSR count). The highest BCUT2D eigenvalue weighted by Crippen LogP contribution is 2.32. The van der Waals surface area contributed by atoms with Gasteiger partial charge in [-0.15, -0.1) is 0 Å². The van der Waals surface area contributed by atoms with Gasteiger partial charge in [0.1, 0.15) is 0 Å². The lowest BCUT2D eigenvalue weighted by Crippen LogP contribution is -2.39. The standard InChI is InChI=1S/C17H24ClN3O5S/c1-12-15(18)9-14(10-16(12)21(23)24)27(25,26)20(11-17(19)22)8-7-13-5-3-2-4-6-13/h9-10,13H,2-8,11H2,1H3,(H2,19,22). The summed E-state index contributed by atoms with van der Waals surface area (Å²) < 4.78 is 27.0. The van der Waals surface area contributed by atoms with Crippen molar-refractivity contribution in [3.05, 3.63) is 32.8 Å². The largest absolute Gasteiger partial charge is 0.369 e. The Labute approximate surface area is 163 Å². The number of rotatable bonds is 8. The third kappa shape index (κ3) is 5.40. The maximum Gasteiger partial charge on any atom is 0.275 e. The van der Waals surface area contributed by atoms with Gasteiger partial charge in [-0.25, -0.2) is 8.42 Å². The molecule has 10 heteroatoms. The highest BCUT2D eigenvalue weighted by molar-refractivity contribution is 7.89. The number of halogens is 1. The fourth-order valence-corrected chi connectivity index (χ4v) is 5.14. The number of carbonyl (C=O) groups is 1. The van der Waals surface area contributed by atoms with Gasteiger partial charge in [-0.3, -0.25) is 14.9 Å². The van der Waals surface area contributed by atoms with Crippen molar-refractivity contribution in [1.82, 2.24) is 4.31 Å². The van der Waals surface area contributed by atoms with E-state index in [0.717, 1.165) is 36.1 Å². The number of hydrogen-bond acceptors (Lipinski definition) is 5. The number of primary amides is 1. The Bertz CT molecular complexity index is 822. The molecule has 8 nitrogen and oxygen atoms in total. The first-order valence-electron chi connectivity index (χ1n) is 8.86. The van der Waals surface area contributed by atoms with Crippen molar-refractivity contribution in [2.75, 3.05) is 13.1 Å². The Kier molecular flexibility index (Phi) is 7.19. The Morgan fingerprint density at radius 3 is 2.52 bits per heavy atom. The van der Waals surface area contributed by atoms with E-state index < -0.39 is 27.4 Å². The number of benzene rings is 1. The average molecular weight is 418 g/mol. The molecule has 1 aromatic carbocycles. The summed E-state index contributed by atoms with van der Waals surface area (Å²) >= 11 is 6.00. The van der Waals surface area contributed by atoms with Crippen LogP contribution in [-0.4, -0.2) is 36.6 Å². The molecule has 0 saturated heterocycles. The summed E-state index contributed by atoms with van der Waals surface area (Å²) in [6, 6.07) is 2.15. The molecule has 2 N–H and O–H groups in total. The van der Waals surface area contributed by atoms with Gasteiger partial charge < -0.3 is 5.73 Å². The van der Waals surface area contributed by atoms with Crippen molar-refractivity contribution < 1.29 is 18.1 Å². The maximum absolute atomic E-state index is 13.0. The van der Waals surface area contributed by atoms with Gasteiger partial charge in [-0.2, -0.15) is 4.31 Å². The minimum atomic E-state index is -4.15. The third-order valence-electron chi connectivity index (χ3n) is 4.97. The van der Waals surface area contributed by atoms with E-state index in [0.29, 0.717) is 12.3 Å². The van der Waals surface area contributed by atoms with Crippen molar-refractivity contribution in [2.45, 2.75) is 50.3 Å². The fourth-order valence-electron chi connectivity index (χ4n) is 3.39. The summed E-state index contributed by atoms with van der Waals surface area (Å²) in [5.41, 5.74) is 5.03. The highest BCUT2D eigenvalue weighted by Gasteiger charge is 2.30. The Balaban J connectivity index is 2.32. The van der Waals surface area contributed by atoms with Crippen LogP contribution in [0, 0.1) is 23.0 Å². The Morgan fingerprint density at radius 2 is 1.96 bits per heavy atom. The molecule has 0 unspecified atom stereocenters. The number of nitro groups is 1. The van der Waals surface area contributed by atoms with Crippen LogP contribution in [0.1, 0.15) is 44.1 Å². The van der Waals surface area contributed by atoms with Gasteiger partial charge in [0.25, 0.3) is 5.69 Å². The number of hydrogen-bond donors (Lipinski definition) is 1. The summed E-state index contributed by atoms with van der Waals surface area (Å²) in [4.78, 5) is 21.6. The monoisotopic (exact) mass is 417 g/mol. The van der Waals surface area contributed by atoms with Gasteiger partial charge >= 0.3 is 0 Å². The summed E-state index contributed by atoms with van der Waals surface area (Å²) in [6.07, 6.45) is 6.11. The summed E-state index contributed by atoms with van der Waals surface area (Å²) in [5.74, 6) is -0.379. The van der Waals surface area contributed by atoms with Crippen molar-refractivity contribution in [2.24, 2.45) is 11.7 Å². The zero-order valence-corrected chi connectivity index (χ0v) is 16.8. The maximum atomic E-state index is 13.0. The minimum absolute atomic E-state index is 0.0194. The predicted molar refractivity (Wildman–Crippen MR) is 102 cm³/mol. The lowest BCUT2D eigenvalue weighted by Gasteiger charge is -2.26. The lowest BCUT2D eigenvalue weighted by molar-refractivity contribution is -0.385. The van der Waals surface area contributed by atoms with E-state index in [1.54, 1.807) is 0 Å². The number of sulfonamides is 1. The number of nitrogens with zero attached hydrogens (tertiary/aromatic N) is 2. The summed E-state index contributed by atoms with van der Waals surface area (Å²) in [5, 5.41) is 11.2. The zero-order chi connectivity index (χ0) is 20.2. The van der Waals surface area contributed by atoms with Crippen LogP contribution in [0.4, 0.5) is 5.69 Å². The molecule has 0 radical (unpaired) electrons. The van der Waals surface area contributed by atoms with Gasteiger partial charge in [0.2, 0.25) is 15.9 Å². The van der Waals surface area contributed by atoms with Crippen molar-refractivity contribution in [3.8, 4) is 0 Å². The second-order valence-corrected chi connectivity index (χ2v) is 9.25. The molecular formula is C17H24ClN3O5S. The smallest absolute Gasteiger partial charge is 0.275 e. The van der Waals surface area contributed by atoms with Crippen LogP contribution in [0.15, 0.2) is 17.0 Å². The Hall–Kier alpha value is -1.71. The average Bonchev–Trinajstić information content (AvgIpc) is 2.60. The third-order valence-corrected chi connectivity index (χ3v) is 7.18. The molecule has 1 aliphatic rings. The second-order valence-electron chi connectivity index (χ2n) is 6.90. The molecule has 1 saturated carbocycles. The predicted octanol–water partition coefficient (Wildman–Crippen LogP) is 3.00. The number of nitrogens with two attached hydrogens (primary N) is 1. The van der Waals surface area contributed by atoms with Gasteiger partial charge in [-0.1, -0.05) is 43.7 Å². The molecule has 1 aliphatic carbocycles. The normalized spacial score (nSPS) is 15.8. The number of amides is 1. The van der Waals surface area contributed by atoms with Crippen LogP contribution in [0.5, 0.6) is 0 Å². The van der Waals surface area contributed by atoms with Gasteiger partial charge in [-0.05, 0) is 25.3 Å². The molecule has 0 bridgehead atoms. The van der Waals surface area contributed by atoms with Gasteiger partial charge in [0.05, 0.1) is 21.4 Å².